The van der Waals surface area contributed by atoms with E-state index in [1.165, 1.54) is 4.31 Å². The third kappa shape index (κ3) is 6.17. The van der Waals surface area contributed by atoms with Gasteiger partial charge in [0.1, 0.15) is 0 Å². The van der Waals surface area contributed by atoms with Gasteiger partial charge in [0.2, 0.25) is 10.0 Å². The normalized spacial score (nSPS) is 20.6. The van der Waals surface area contributed by atoms with Crippen molar-refractivity contribution in [1.82, 2.24) is 9.21 Å². The van der Waals surface area contributed by atoms with E-state index in [1.54, 1.807) is 13.8 Å². The molecular formula is C10H22N2O5S2. The highest BCUT2D eigenvalue weighted by Crippen LogP contribution is 2.12. The zero-order chi connectivity index (χ0) is 14.9. The van der Waals surface area contributed by atoms with E-state index in [4.69, 9.17) is 0 Å². The van der Waals surface area contributed by atoms with E-state index >= 15 is 0 Å². The average Bonchev–Trinajstić information content (AvgIpc) is 2.11. The van der Waals surface area contributed by atoms with Crippen molar-refractivity contribution in [1.29, 1.82) is 0 Å². The summed E-state index contributed by atoms with van der Waals surface area (Å²) in [5, 5.41) is 8.85. The second-order valence-corrected chi connectivity index (χ2v) is 10.1. The molecule has 0 radical (unpaired) electrons. The third-order valence-corrected chi connectivity index (χ3v) is 6.75. The van der Waals surface area contributed by atoms with Crippen LogP contribution in [0, 0.1) is 0 Å². The van der Waals surface area contributed by atoms with E-state index in [2.05, 4.69) is 0 Å². The molecule has 0 aliphatic carbocycles. The molecule has 0 amide bonds. The molecule has 0 unspecified atom stereocenters. The van der Waals surface area contributed by atoms with Crippen molar-refractivity contribution in [2.45, 2.75) is 19.4 Å². The van der Waals surface area contributed by atoms with Gasteiger partial charge in [-0.15, -0.1) is 0 Å². The number of sulfonamides is 1. The van der Waals surface area contributed by atoms with E-state index in [1.807, 2.05) is 4.90 Å². The lowest BCUT2D eigenvalue weighted by Gasteiger charge is -2.36. The van der Waals surface area contributed by atoms with Gasteiger partial charge < -0.3 is 5.11 Å². The first-order chi connectivity index (χ1) is 8.39. The highest BCUT2D eigenvalue weighted by molar-refractivity contribution is 8.06. The Labute approximate surface area is 115 Å². The van der Waals surface area contributed by atoms with Crippen LogP contribution in [0.25, 0.3) is 0 Å². The number of hydrogen-bond donors (Lipinski definition) is 1. The number of aliphatic hydroxyl groups is 1. The Balaban J connectivity index is 2.59. The van der Waals surface area contributed by atoms with Crippen molar-refractivity contribution < 1.29 is 21.9 Å². The van der Waals surface area contributed by atoms with E-state index in [0.29, 0.717) is 19.6 Å². The summed E-state index contributed by atoms with van der Waals surface area (Å²) in [6.45, 7) is 5.36. The zero-order valence-electron chi connectivity index (χ0n) is 11.5. The number of piperazine rings is 1. The molecule has 1 heterocycles. The fraction of sp³-hybridized carbons (Fsp3) is 1.00. The molecule has 0 aromatic rings. The summed E-state index contributed by atoms with van der Waals surface area (Å²) in [5.74, 6) is 0. The van der Waals surface area contributed by atoms with Crippen molar-refractivity contribution >= 4 is 19.9 Å². The van der Waals surface area contributed by atoms with Gasteiger partial charge in [0.15, 0.2) is 14.9 Å². The van der Waals surface area contributed by atoms with Gasteiger partial charge in [0, 0.05) is 39.0 Å². The number of β-amino-alcohol motifs (C(OH)–C–C–N with tert-alkyl or cyclic N) is 1. The molecule has 1 N–H and O–H groups in total. The minimum Gasteiger partial charge on any atom is -0.389 e. The molecule has 0 atom stereocenters. The van der Waals surface area contributed by atoms with Gasteiger partial charge in [0.25, 0.3) is 0 Å². The molecule has 0 aromatic carbocycles. The van der Waals surface area contributed by atoms with Crippen molar-refractivity contribution in [3.05, 3.63) is 0 Å². The van der Waals surface area contributed by atoms with Crippen molar-refractivity contribution in [2.75, 3.05) is 44.1 Å². The van der Waals surface area contributed by atoms with E-state index < -0.39 is 30.5 Å². The third-order valence-electron chi connectivity index (χ3n) is 2.70. The molecule has 0 bridgehead atoms. The molecular weight excluding hydrogens is 292 g/mol. The zero-order valence-corrected chi connectivity index (χ0v) is 13.2. The van der Waals surface area contributed by atoms with E-state index in [9.17, 15) is 21.9 Å². The molecule has 1 fully saturated rings. The molecule has 0 spiro atoms. The van der Waals surface area contributed by atoms with Crippen LogP contribution in [0.2, 0.25) is 0 Å². The van der Waals surface area contributed by atoms with Crippen LogP contribution in [0.1, 0.15) is 13.8 Å². The molecule has 1 aliphatic rings. The smallest absolute Gasteiger partial charge is 0.228 e. The molecule has 1 rings (SSSR count). The maximum absolute atomic E-state index is 11.9. The summed E-state index contributed by atoms with van der Waals surface area (Å²) >= 11 is 0. The summed E-state index contributed by atoms with van der Waals surface area (Å²) in [6, 6.07) is 0. The Morgan fingerprint density at radius 3 is 1.89 bits per heavy atom. The lowest BCUT2D eigenvalue weighted by molar-refractivity contribution is 0.0263. The summed E-state index contributed by atoms with van der Waals surface area (Å²) in [4.78, 5) is 1.96. The summed E-state index contributed by atoms with van der Waals surface area (Å²) in [6.07, 6.45) is 0.912. The molecule has 1 aliphatic heterocycles. The fourth-order valence-electron chi connectivity index (χ4n) is 2.06. The van der Waals surface area contributed by atoms with Crippen molar-refractivity contribution in [3.8, 4) is 0 Å². The van der Waals surface area contributed by atoms with Crippen molar-refractivity contribution in [2.24, 2.45) is 0 Å². The Hall–Kier alpha value is -0.220. The molecule has 19 heavy (non-hydrogen) atoms. The molecule has 0 aromatic heterocycles. The van der Waals surface area contributed by atoms with Gasteiger partial charge in [-0.05, 0) is 13.8 Å². The minimum atomic E-state index is -3.75. The Morgan fingerprint density at radius 2 is 1.53 bits per heavy atom. The van der Waals surface area contributed by atoms with Crippen LogP contribution in [-0.4, -0.2) is 80.8 Å². The molecule has 0 saturated carbocycles. The standard InChI is InChI=1S/C10H22N2O5S2/c1-10(2,13)8-11-4-6-12(7-5-11)19(16,17)9-18(3,14)15/h13H,4-9H2,1-3H3. The van der Waals surface area contributed by atoms with Gasteiger partial charge in [-0.1, -0.05) is 0 Å². The average molecular weight is 314 g/mol. The Morgan fingerprint density at radius 1 is 1.05 bits per heavy atom. The van der Waals surface area contributed by atoms with E-state index in [-0.39, 0.29) is 13.1 Å². The van der Waals surface area contributed by atoms with Crippen molar-refractivity contribution in [3.63, 3.8) is 0 Å². The lowest BCUT2D eigenvalue weighted by atomic mass is 10.1. The molecule has 1 saturated heterocycles. The Kier molecular flexibility index (Phi) is 5.00. The lowest BCUT2D eigenvalue weighted by Crippen LogP contribution is -2.52. The van der Waals surface area contributed by atoms with E-state index in [0.717, 1.165) is 6.26 Å². The van der Waals surface area contributed by atoms with Gasteiger partial charge >= 0.3 is 0 Å². The monoisotopic (exact) mass is 314 g/mol. The predicted molar refractivity (Wildman–Crippen MR) is 72.9 cm³/mol. The minimum absolute atomic E-state index is 0.258. The van der Waals surface area contributed by atoms with Crippen LogP contribution in [0.3, 0.4) is 0 Å². The largest absolute Gasteiger partial charge is 0.389 e. The van der Waals surface area contributed by atoms with Crippen LogP contribution < -0.4 is 0 Å². The number of sulfone groups is 1. The summed E-state index contributed by atoms with van der Waals surface area (Å²) in [7, 11) is -7.31. The summed E-state index contributed by atoms with van der Waals surface area (Å²) in [5.41, 5.74) is -0.826. The highest BCUT2D eigenvalue weighted by atomic mass is 32.3. The second-order valence-electron chi connectivity index (χ2n) is 5.64. The second kappa shape index (κ2) is 5.65. The Bertz CT molecular complexity index is 499. The first-order valence-corrected chi connectivity index (χ1v) is 9.66. The number of nitrogens with zero attached hydrogens (tertiary/aromatic N) is 2. The van der Waals surface area contributed by atoms with Crippen LogP contribution >= 0.6 is 0 Å². The van der Waals surface area contributed by atoms with Gasteiger partial charge in [-0.3, -0.25) is 4.90 Å². The van der Waals surface area contributed by atoms with Gasteiger partial charge in [-0.2, -0.15) is 4.31 Å². The molecule has 9 heteroatoms. The van der Waals surface area contributed by atoms with Crippen LogP contribution in [0.5, 0.6) is 0 Å². The maximum Gasteiger partial charge on any atom is 0.228 e. The number of hydrogen-bond acceptors (Lipinski definition) is 6. The predicted octanol–water partition coefficient (Wildman–Crippen LogP) is -1.29. The SMILES string of the molecule is CC(C)(O)CN1CCN(S(=O)(=O)CS(C)(=O)=O)CC1. The first-order valence-electron chi connectivity index (χ1n) is 5.99. The number of rotatable bonds is 5. The van der Waals surface area contributed by atoms with Gasteiger partial charge in [0.05, 0.1) is 5.60 Å². The van der Waals surface area contributed by atoms with Crippen LogP contribution in [0.15, 0.2) is 0 Å². The molecule has 114 valence electrons. The highest BCUT2D eigenvalue weighted by Gasteiger charge is 2.31. The van der Waals surface area contributed by atoms with Crippen LogP contribution in [-0.2, 0) is 19.9 Å². The molecule has 7 nitrogen and oxygen atoms in total. The fourth-order valence-corrected chi connectivity index (χ4v) is 5.54. The summed E-state index contributed by atoms with van der Waals surface area (Å²) < 4.78 is 47.1. The van der Waals surface area contributed by atoms with Gasteiger partial charge in [-0.25, -0.2) is 16.8 Å². The first kappa shape index (κ1) is 16.8. The topological polar surface area (TPSA) is 95.0 Å². The maximum atomic E-state index is 11.9. The quantitative estimate of drug-likeness (QED) is 0.678. The van der Waals surface area contributed by atoms with Crippen LogP contribution in [0.4, 0.5) is 0 Å².